The molecule has 2 aromatic rings. The summed E-state index contributed by atoms with van der Waals surface area (Å²) in [5.74, 6) is -0.171. The molecule has 0 bridgehead atoms. The first-order valence-corrected chi connectivity index (χ1v) is 7.51. The Kier molecular flexibility index (Phi) is 5.25. The van der Waals surface area contributed by atoms with Crippen LogP contribution in [0.3, 0.4) is 0 Å². The highest BCUT2D eigenvalue weighted by atomic mass is 35.5. The Morgan fingerprint density at radius 2 is 1.95 bits per heavy atom. The number of alkyl halides is 1. The van der Waals surface area contributed by atoms with Crippen molar-refractivity contribution in [3.63, 3.8) is 0 Å². The van der Waals surface area contributed by atoms with Crippen molar-refractivity contribution in [2.75, 3.05) is 6.54 Å². The van der Waals surface area contributed by atoms with E-state index in [1.165, 1.54) is 11.3 Å². The lowest BCUT2D eigenvalue weighted by molar-refractivity contribution is -0.120. The van der Waals surface area contributed by atoms with E-state index in [0.29, 0.717) is 6.54 Å². The molecule has 1 aromatic heterocycles. The van der Waals surface area contributed by atoms with Gasteiger partial charge in [-0.2, -0.15) is 0 Å². The van der Waals surface area contributed by atoms with Crippen molar-refractivity contribution in [1.82, 2.24) is 5.32 Å². The number of thiophene rings is 1. The zero-order valence-corrected chi connectivity index (χ0v) is 12.4. The van der Waals surface area contributed by atoms with Crippen molar-refractivity contribution >= 4 is 40.4 Å². The molecule has 1 atom stereocenters. The number of carbonyl (C=O) groups excluding carboxylic acids is 1. The highest BCUT2D eigenvalue weighted by Crippen LogP contribution is 2.22. The highest BCUT2D eigenvalue weighted by molar-refractivity contribution is 7.16. The molecular formula is C14H13Cl2NOS. The molecule has 0 spiro atoms. The molecule has 0 fully saturated rings. The van der Waals surface area contributed by atoms with E-state index in [1.807, 2.05) is 42.5 Å². The van der Waals surface area contributed by atoms with E-state index in [9.17, 15) is 4.79 Å². The molecule has 2 nitrogen and oxygen atoms in total. The fraction of sp³-hybridized carbons (Fsp3) is 0.214. The van der Waals surface area contributed by atoms with E-state index in [0.717, 1.165) is 21.2 Å². The van der Waals surface area contributed by atoms with Gasteiger partial charge in [-0.05, 0) is 24.1 Å². The summed E-state index contributed by atoms with van der Waals surface area (Å²) in [5.41, 5.74) is 0.806. The predicted octanol–water partition coefficient (Wildman–Crippen LogP) is 4.04. The number of amides is 1. The molecule has 0 aliphatic heterocycles. The smallest absolute Gasteiger partial charge is 0.242 e. The van der Waals surface area contributed by atoms with E-state index in [4.69, 9.17) is 23.2 Å². The molecule has 19 heavy (non-hydrogen) atoms. The van der Waals surface area contributed by atoms with Crippen LogP contribution < -0.4 is 5.32 Å². The molecule has 2 rings (SSSR count). The Morgan fingerprint density at radius 1 is 1.21 bits per heavy atom. The van der Waals surface area contributed by atoms with Gasteiger partial charge in [-0.25, -0.2) is 0 Å². The van der Waals surface area contributed by atoms with Crippen LogP contribution in [0, 0.1) is 0 Å². The summed E-state index contributed by atoms with van der Waals surface area (Å²) in [6.45, 7) is 0.561. The van der Waals surface area contributed by atoms with Crippen molar-refractivity contribution in [3.8, 4) is 0 Å². The van der Waals surface area contributed by atoms with Gasteiger partial charge >= 0.3 is 0 Å². The maximum atomic E-state index is 11.9. The summed E-state index contributed by atoms with van der Waals surface area (Å²) < 4.78 is 0.765. The molecular weight excluding hydrogens is 301 g/mol. The van der Waals surface area contributed by atoms with E-state index in [-0.39, 0.29) is 5.91 Å². The summed E-state index contributed by atoms with van der Waals surface area (Å²) in [6, 6.07) is 13.1. The monoisotopic (exact) mass is 313 g/mol. The molecule has 1 amide bonds. The zero-order valence-electron chi connectivity index (χ0n) is 10.1. The van der Waals surface area contributed by atoms with E-state index in [1.54, 1.807) is 0 Å². The molecule has 5 heteroatoms. The van der Waals surface area contributed by atoms with Gasteiger partial charge in [0.05, 0.1) is 4.34 Å². The van der Waals surface area contributed by atoms with Crippen molar-refractivity contribution < 1.29 is 4.79 Å². The van der Waals surface area contributed by atoms with E-state index in [2.05, 4.69) is 5.32 Å². The van der Waals surface area contributed by atoms with Crippen LogP contribution >= 0.6 is 34.5 Å². The Hall–Kier alpha value is -1.03. The number of rotatable bonds is 5. The first-order chi connectivity index (χ1) is 9.16. The molecule has 100 valence electrons. The van der Waals surface area contributed by atoms with Crippen molar-refractivity contribution in [3.05, 3.63) is 57.2 Å². The number of hydrogen-bond acceptors (Lipinski definition) is 2. The fourth-order valence-electron chi connectivity index (χ4n) is 1.66. The number of nitrogens with one attached hydrogen (secondary N) is 1. The molecule has 0 radical (unpaired) electrons. The minimum Gasteiger partial charge on any atom is -0.354 e. The van der Waals surface area contributed by atoms with Gasteiger partial charge in [0, 0.05) is 11.4 Å². The zero-order chi connectivity index (χ0) is 13.7. The highest BCUT2D eigenvalue weighted by Gasteiger charge is 2.16. The summed E-state index contributed by atoms with van der Waals surface area (Å²) >= 11 is 13.5. The van der Waals surface area contributed by atoms with Gasteiger partial charge in [-0.3, -0.25) is 4.79 Å². The largest absolute Gasteiger partial charge is 0.354 e. The third-order valence-corrected chi connectivity index (χ3v) is 4.36. The molecule has 0 saturated carbocycles. The second kappa shape index (κ2) is 6.94. The summed E-state index contributed by atoms with van der Waals surface area (Å²) in [6.07, 6.45) is 0.765. The summed E-state index contributed by atoms with van der Waals surface area (Å²) in [7, 11) is 0. The van der Waals surface area contributed by atoms with Crippen LogP contribution in [-0.2, 0) is 11.2 Å². The minimum atomic E-state index is -0.645. The summed E-state index contributed by atoms with van der Waals surface area (Å²) in [5, 5.41) is 2.19. The van der Waals surface area contributed by atoms with Crippen LogP contribution in [0.4, 0.5) is 0 Å². The van der Waals surface area contributed by atoms with Crippen LogP contribution in [0.25, 0.3) is 0 Å². The van der Waals surface area contributed by atoms with Crippen LogP contribution in [0.1, 0.15) is 15.8 Å². The van der Waals surface area contributed by atoms with Crippen molar-refractivity contribution in [1.29, 1.82) is 0 Å². The second-order valence-corrected chi connectivity index (χ2v) is 6.26. The minimum absolute atomic E-state index is 0.171. The fourth-order valence-corrected chi connectivity index (χ4v) is 2.97. The van der Waals surface area contributed by atoms with Gasteiger partial charge in [0.2, 0.25) is 5.91 Å². The molecule has 1 aromatic carbocycles. The molecule has 1 heterocycles. The number of halogens is 2. The van der Waals surface area contributed by atoms with Gasteiger partial charge in [-0.1, -0.05) is 41.9 Å². The first kappa shape index (κ1) is 14.4. The number of carbonyl (C=O) groups is 1. The summed E-state index contributed by atoms with van der Waals surface area (Å²) in [4.78, 5) is 13.0. The van der Waals surface area contributed by atoms with Gasteiger partial charge in [0.1, 0.15) is 5.38 Å². The van der Waals surface area contributed by atoms with Crippen molar-refractivity contribution in [2.45, 2.75) is 11.8 Å². The quantitative estimate of drug-likeness (QED) is 0.829. The van der Waals surface area contributed by atoms with Crippen molar-refractivity contribution in [2.24, 2.45) is 0 Å². The predicted molar refractivity (Wildman–Crippen MR) is 81.1 cm³/mol. The molecule has 1 unspecified atom stereocenters. The normalized spacial score (nSPS) is 12.1. The maximum Gasteiger partial charge on any atom is 0.242 e. The lowest BCUT2D eigenvalue weighted by Crippen LogP contribution is -2.28. The average Bonchev–Trinajstić information content (AvgIpc) is 2.84. The SMILES string of the molecule is O=C(NCCc1ccc(Cl)s1)C(Cl)c1ccccc1. The second-order valence-electron chi connectivity index (χ2n) is 4.02. The molecule has 0 saturated heterocycles. The Morgan fingerprint density at radius 3 is 2.58 bits per heavy atom. The topological polar surface area (TPSA) is 29.1 Å². The number of hydrogen-bond donors (Lipinski definition) is 1. The lowest BCUT2D eigenvalue weighted by atomic mass is 10.1. The van der Waals surface area contributed by atoms with Gasteiger partial charge in [0.15, 0.2) is 0 Å². The van der Waals surface area contributed by atoms with Gasteiger partial charge in [-0.15, -0.1) is 22.9 Å². The van der Waals surface area contributed by atoms with Gasteiger partial charge < -0.3 is 5.32 Å². The van der Waals surface area contributed by atoms with Crippen LogP contribution in [0.2, 0.25) is 4.34 Å². The lowest BCUT2D eigenvalue weighted by Gasteiger charge is -2.10. The third-order valence-electron chi connectivity index (χ3n) is 2.62. The maximum absolute atomic E-state index is 11.9. The number of benzene rings is 1. The average molecular weight is 314 g/mol. The Balaban J connectivity index is 1.81. The van der Waals surface area contributed by atoms with E-state index < -0.39 is 5.38 Å². The van der Waals surface area contributed by atoms with Gasteiger partial charge in [0.25, 0.3) is 0 Å². The molecule has 1 N–H and O–H groups in total. The molecule has 0 aliphatic rings. The molecule has 0 aliphatic carbocycles. The van der Waals surface area contributed by atoms with Crippen LogP contribution in [0.15, 0.2) is 42.5 Å². The Labute approximate surface area is 126 Å². The first-order valence-electron chi connectivity index (χ1n) is 5.88. The van der Waals surface area contributed by atoms with E-state index >= 15 is 0 Å². The third kappa shape index (κ3) is 4.23. The van der Waals surface area contributed by atoms with Crippen LogP contribution in [0.5, 0.6) is 0 Å². The standard InChI is InChI=1S/C14H13Cl2NOS/c15-12-7-6-11(19-12)8-9-17-14(18)13(16)10-4-2-1-3-5-10/h1-7,13H,8-9H2,(H,17,18). The Bertz CT molecular complexity index is 541. The van der Waals surface area contributed by atoms with Crippen LogP contribution in [-0.4, -0.2) is 12.5 Å².